The summed E-state index contributed by atoms with van der Waals surface area (Å²) in [6.07, 6.45) is 2.46. The summed E-state index contributed by atoms with van der Waals surface area (Å²) in [5, 5.41) is 0. The molecule has 0 heterocycles. The summed E-state index contributed by atoms with van der Waals surface area (Å²) in [5.74, 6) is -0.841. The summed E-state index contributed by atoms with van der Waals surface area (Å²) < 4.78 is 0. The molecule has 0 fully saturated rings. The van der Waals surface area contributed by atoms with Crippen LogP contribution in [0.2, 0.25) is 0 Å². The van der Waals surface area contributed by atoms with Crippen LogP contribution in [0.1, 0.15) is 60.2 Å². The molecule has 4 heteroatoms. The van der Waals surface area contributed by atoms with Crippen molar-refractivity contribution in [1.82, 2.24) is 5.48 Å². The van der Waals surface area contributed by atoms with E-state index in [0.717, 1.165) is 36.0 Å². The van der Waals surface area contributed by atoms with Crippen LogP contribution in [-0.2, 0) is 9.63 Å². The van der Waals surface area contributed by atoms with Crippen LogP contribution in [-0.4, -0.2) is 11.9 Å². The van der Waals surface area contributed by atoms with Crippen molar-refractivity contribution in [1.29, 1.82) is 0 Å². The first-order valence-electron chi connectivity index (χ1n) is 8.03. The minimum atomic E-state index is -0.507. The SMILES string of the molecule is CC1=C(C)CC(C(=O)NOC(=O)c2c(C)cc(C)cc2C)CC1. The van der Waals surface area contributed by atoms with E-state index in [-0.39, 0.29) is 11.8 Å². The molecule has 124 valence electrons. The van der Waals surface area contributed by atoms with E-state index < -0.39 is 5.97 Å². The molecule has 2 rings (SSSR count). The van der Waals surface area contributed by atoms with Gasteiger partial charge < -0.3 is 4.84 Å². The summed E-state index contributed by atoms with van der Waals surface area (Å²) in [4.78, 5) is 29.5. The number of hydrogen-bond acceptors (Lipinski definition) is 3. The van der Waals surface area contributed by atoms with E-state index in [1.807, 2.05) is 32.9 Å². The number of hydroxylamine groups is 1. The van der Waals surface area contributed by atoms with Gasteiger partial charge in [0.2, 0.25) is 0 Å². The maximum atomic E-state index is 12.3. The number of rotatable bonds is 2. The monoisotopic (exact) mass is 315 g/mol. The maximum Gasteiger partial charge on any atom is 0.363 e. The molecule has 0 saturated heterocycles. The van der Waals surface area contributed by atoms with Gasteiger partial charge in [0.15, 0.2) is 0 Å². The number of carbonyl (C=O) groups is 2. The van der Waals surface area contributed by atoms with E-state index in [9.17, 15) is 9.59 Å². The van der Waals surface area contributed by atoms with Gasteiger partial charge in [-0.1, -0.05) is 28.8 Å². The summed E-state index contributed by atoms with van der Waals surface area (Å²) in [6, 6.07) is 3.87. The van der Waals surface area contributed by atoms with E-state index >= 15 is 0 Å². The second-order valence-corrected chi connectivity index (χ2v) is 6.63. The minimum Gasteiger partial charge on any atom is -0.335 e. The molecule has 0 saturated carbocycles. The van der Waals surface area contributed by atoms with Crippen molar-refractivity contribution in [3.63, 3.8) is 0 Å². The summed E-state index contributed by atoms with van der Waals surface area (Å²) in [7, 11) is 0. The van der Waals surface area contributed by atoms with Crippen molar-refractivity contribution in [2.45, 2.75) is 53.9 Å². The van der Waals surface area contributed by atoms with Gasteiger partial charge in [0, 0.05) is 5.92 Å². The molecular formula is C19H25NO3. The van der Waals surface area contributed by atoms with Gasteiger partial charge in [-0.15, -0.1) is 0 Å². The summed E-state index contributed by atoms with van der Waals surface area (Å²) in [5.41, 5.74) is 8.29. The number of amides is 1. The van der Waals surface area contributed by atoms with E-state index in [2.05, 4.69) is 19.3 Å². The van der Waals surface area contributed by atoms with E-state index in [1.165, 1.54) is 11.1 Å². The van der Waals surface area contributed by atoms with E-state index in [0.29, 0.717) is 5.56 Å². The molecule has 1 aromatic rings. The zero-order valence-corrected chi connectivity index (χ0v) is 14.6. The highest BCUT2D eigenvalue weighted by Gasteiger charge is 2.25. The van der Waals surface area contributed by atoms with Gasteiger partial charge in [0.05, 0.1) is 5.56 Å². The molecular weight excluding hydrogens is 290 g/mol. The Labute approximate surface area is 137 Å². The standard InChI is InChI=1S/C19H25NO3/c1-11-8-14(4)17(15(5)9-11)19(22)23-20-18(21)16-7-6-12(2)13(3)10-16/h8-9,16H,6-7,10H2,1-5H3,(H,20,21). The van der Waals surface area contributed by atoms with Crippen molar-refractivity contribution in [3.05, 3.63) is 45.5 Å². The van der Waals surface area contributed by atoms with Crippen molar-refractivity contribution in [2.75, 3.05) is 0 Å². The van der Waals surface area contributed by atoms with Gasteiger partial charge in [-0.25, -0.2) is 4.79 Å². The molecule has 1 N–H and O–H groups in total. The lowest BCUT2D eigenvalue weighted by Gasteiger charge is -2.23. The fourth-order valence-corrected chi connectivity index (χ4v) is 3.21. The molecule has 1 aliphatic carbocycles. The van der Waals surface area contributed by atoms with Crippen molar-refractivity contribution in [2.24, 2.45) is 5.92 Å². The number of benzene rings is 1. The molecule has 0 bridgehead atoms. The molecule has 4 nitrogen and oxygen atoms in total. The molecule has 1 aliphatic rings. The first-order valence-corrected chi connectivity index (χ1v) is 8.03. The average molecular weight is 315 g/mol. The third-order valence-electron chi connectivity index (χ3n) is 4.65. The van der Waals surface area contributed by atoms with Crippen LogP contribution in [0.15, 0.2) is 23.3 Å². The number of allylic oxidation sites excluding steroid dienone is 2. The predicted octanol–water partition coefficient (Wildman–Crippen LogP) is 3.94. The lowest BCUT2D eigenvalue weighted by Crippen LogP contribution is -2.34. The van der Waals surface area contributed by atoms with Crippen LogP contribution in [0.3, 0.4) is 0 Å². The quantitative estimate of drug-likeness (QED) is 0.664. The topological polar surface area (TPSA) is 55.4 Å². The van der Waals surface area contributed by atoms with E-state index in [1.54, 1.807) is 0 Å². The molecule has 1 atom stereocenters. The molecule has 0 aliphatic heterocycles. The molecule has 0 aromatic heterocycles. The maximum absolute atomic E-state index is 12.3. The number of carbonyl (C=O) groups excluding carboxylic acids is 2. The van der Waals surface area contributed by atoms with Crippen molar-refractivity contribution in [3.8, 4) is 0 Å². The molecule has 0 radical (unpaired) electrons. The van der Waals surface area contributed by atoms with Gasteiger partial charge in [-0.05, 0) is 65.0 Å². The zero-order chi connectivity index (χ0) is 17.1. The van der Waals surface area contributed by atoms with E-state index in [4.69, 9.17) is 4.84 Å². The van der Waals surface area contributed by atoms with Crippen LogP contribution in [0.5, 0.6) is 0 Å². The minimum absolute atomic E-state index is 0.119. The highest BCUT2D eigenvalue weighted by atomic mass is 16.7. The Kier molecular flexibility index (Phi) is 5.24. The Bertz CT molecular complexity index is 650. The van der Waals surface area contributed by atoms with Gasteiger partial charge in [0.25, 0.3) is 5.91 Å². The highest BCUT2D eigenvalue weighted by Crippen LogP contribution is 2.29. The van der Waals surface area contributed by atoms with Gasteiger partial charge >= 0.3 is 5.97 Å². The smallest absolute Gasteiger partial charge is 0.335 e. The number of hydrogen-bond donors (Lipinski definition) is 1. The van der Waals surface area contributed by atoms with Gasteiger partial charge in [-0.2, -0.15) is 5.48 Å². The third-order valence-corrected chi connectivity index (χ3v) is 4.65. The van der Waals surface area contributed by atoms with Crippen LogP contribution >= 0.6 is 0 Å². The van der Waals surface area contributed by atoms with Crippen molar-refractivity contribution >= 4 is 11.9 Å². The molecule has 23 heavy (non-hydrogen) atoms. The lowest BCUT2D eigenvalue weighted by atomic mass is 9.85. The average Bonchev–Trinajstić information content (AvgIpc) is 2.46. The van der Waals surface area contributed by atoms with Crippen LogP contribution in [0.4, 0.5) is 0 Å². The predicted molar refractivity (Wildman–Crippen MR) is 89.9 cm³/mol. The molecule has 1 aromatic carbocycles. The Morgan fingerprint density at radius 1 is 1.04 bits per heavy atom. The lowest BCUT2D eigenvalue weighted by molar-refractivity contribution is -0.134. The number of aryl methyl sites for hydroxylation is 3. The Balaban J connectivity index is 1.99. The van der Waals surface area contributed by atoms with Crippen LogP contribution < -0.4 is 5.48 Å². The third kappa shape index (κ3) is 4.01. The number of nitrogens with one attached hydrogen (secondary N) is 1. The normalized spacial score (nSPS) is 17.9. The largest absolute Gasteiger partial charge is 0.363 e. The fourth-order valence-electron chi connectivity index (χ4n) is 3.21. The van der Waals surface area contributed by atoms with Crippen LogP contribution in [0, 0.1) is 26.7 Å². The van der Waals surface area contributed by atoms with Gasteiger partial charge in [0.1, 0.15) is 0 Å². The Morgan fingerprint density at radius 3 is 2.22 bits per heavy atom. The molecule has 0 spiro atoms. The van der Waals surface area contributed by atoms with Crippen molar-refractivity contribution < 1.29 is 14.4 Å². The second-order valence-electron chi connectivity index (χ2n) is 6.63. The first kappa shape index (κ1) is 17.3. The zero-order valence-electron chi connectivity index (χ0n) is 14.6. The molecule has 1 amide bonds. The fraction of sp³-hybridized carbons (Fsp3) is 0.474. The summed E-state index contributed by atoms with van der Waals surface area (Å²) in [6.45, 7) is 9.89. The summed E-state index contributed by atoms with van der Waals surface area (Å²) >= 11 is 0. The first-order chi connectivity index (χ1) is 10.8. The van der Waals surface area contributed by atoms with Gasteiger partial charge in [-0.3, -0.25) is 4.79 Å². The second kappa shape index (κ2) is 6.99. The molecule has 1 unspecified atom stereocenters. The Morgan fingerprint density at radius 2 is 1.65 bits per heavy atom. The Hall–Kier alpha value is -2.10. The van der Waals surface area contributed by atoms with Crippen LogP contribution in [0.25, 0.3) is 0 Å². The highest BCUT2D eigenvalue weighted by molar-refractivity contribution is 5.93.